The van der Waals surface area contributed by atoms with Gasteiger partial charge in [-0.15, -0.1) is 0 Å². The molecule has 7 N–H and O–H groups in total. The Labute approximate surface area is 194 Å². The van der Waals surface area contributed by atoms with E-state index in [2.05, 4.69) is 10.6 Å². The van der Waals surface area contributed by atoms with Crippen LogP contribution in [0.4, 0.5) is 0 Å². The first-order chi connectivity index (χ1) is 15.5. The van der Waals surface area contributed by atoms with E-state index in [0.717, 1.165) is 4.90 Å². The summed E-state index contributed by atoms with van der Waals surface area (Å²) >= 11 is 1.46. The largest absolute Gasteiger partial charge is 0.481 e. The lowest BCUT2D eigenvalue weighted by atomic mass is 10.1. The molecule has 1 aliphatic rings. The fraction of sp³-hybridized carbons (Fsp3) is 0.684. The van der Waals surface area contributed by atoms with Gasteiger partial charge in [0.15, 0.2) is 0 Å². The van der Waals surface area contributed by atoms with Crippen LogP contribution in [-0.2, 0) is 28.8 Å². The van der Waals surface area contributed by atoms with Gasteiger partial charge < -0.3 is 36.6 Å². The van der Waals surface area contributed by atoms with Crippen molar-refractivity contribution in [1.82, 2.24) is 15.5 Å². The lowest BCUT2D eigenvalue weighted by Gasteiger charge is -2.28. The molecule has 0 spiro atoms. The molecule has 1 fully saturated rings. The quantitative estimate of drug-likeness (QED) is 0.164. The van der Waals surface area contributed by atoms with Crippen molar-refractivity contribution in [3.8, 4) is 0 Å². The summed E-state index contributed by atoms with van der Waals surface area (Å²) in [6, 6.07) is -5.06. The van der Waals surface area contributed by atoms with E-state index < -0.39 is 72.6 Å². The average Bonchev–Trinajstić information content (AvgIpc) is 3.23. The minimum absolute atomic E-state index is 0.0886. The van der Waals surface area contributed by atoms with Crippen molar-refractivity contribution < 1.29 is 44.1 Å². The first-order valence-electron chi connectivity index (χ1n) is 10.3. The van der Waals surface area contributed by atoms with E-state index in [1.54, 1.807) is 0 Å². The zero-order valence-corrected chi connectivity index (χ0v) is 19.0. The molecule has 0 aromatic heterocycles. The summed E-state index contributed by atoms with van der Waals surface area (Å²) in [6.07, 6.45) is 1.11. The molecule has 1 rings (SSSR count). The number of nitrogens with one attached hydrogen (secondary N) is 2. The number of aliphatic carboxylic acids is 3. The van der Waals surface area contributed by atoms with E-state index in [1.807, 2.05) is 6.26 Å². The molecule has 4 atom stereocenters. The molecule has 3 amide bonds. The molecule has 0 radical (unpaired) electrons. The highest BCUT2D eigenvalue weighted by Gasteiger charge is 2.39. The van der Waals surface area contributed by atoms with Gasteiger partial charge in [-0.3, -0.25) is 24.0 Å². The topological polar surface area (TPSA) is 216 Å². The number of hydrogen-bond acceptors (Lipinski definition) is 8. The molecular formula is C19H30N4O9S. The molecule has 1 saturated heterocycles. The Morgan fingerprint density at radius 1 is 1.00 bits per heavy atom. The third-order valence-corrected chi connectivity index (χ3v) is 5.71. The number of carbonyl (C=O) groups is 6. The Kier molecular flexibility index (Phi) is 11.6. The monoisotopic (exact) mass is 490 g/mol. The van der Waals surface area contributed by atoms with Crippen molar-refractivity contribution in [3.05, 3.63) is 0 Å². The predicted molar refractivity (Wildman–Crippen MR) is 116 cm³/mol. The fourth-order valence-electron chi connectivity index (χ4n) is 3.33. The Balaban J connectivity index is 3.00. The van der Waals surface area contributed by atoms with Gasteiger partial charge in [0.25, 0.3) is 0 Å². The summed E-state index contributed by atoms with van der Waals surface area (Å²) in [4.78, 5) is 72.6. The standard InChI is InChI=1S/C19H30N4O9S/c1-33-8-6-10(20)16(28)21-11(4-5-14(24)25)17(29)22-12(9-15(26)27)18(30)23-7-2-3-13(23)19(31)32/h10-13H,2-9,20H2,1H3,(H,21,28)(H,22,29)(H,24,25)(H,26,27)(H,31,32). The molecular weight excluding hydrogens is 460 g/mol. The van der Waals surface area contributed by atoms with Crippen molar-refractivity contribution in [2.24, 2.45) is 5.73 Å². The summed E-state index contributed by atoms with van der Waals surface area (Å²) < 4.78 is 0. The maximum Gasteiger partial charge on any atom is 0.326 e. The second-order valence-electron chi connectivity index (χ2n) is 7.57. The van der Waals surface area contributed by atoms with Crippen LogP contribution >= 0.6 is 11.8 Å². The van der Waals surface area contributed by atoms with Gasteiger partial charge in [-0.2, -0.15) is 11.8 Å². The first kappa shape index (κ1) is 28.2. The van der Waals surface area contributed by atoms with Gasteiger partial charge in [0.1, 0.15) is 18.1 Å². The highest BCUT2D eigenvalue weighted by Crippen LogP contribution is 2.19. The molecule has 33 heavy (non-hydrogen) atoms. The summed E-state index contributed by atoms with van der Waals surface area (Å²) in [7, 11) is 0. The molecule has 1 heterocycles. The van der Waals surface area contributed by atoms with Crippen LogP contribution < -0.4 is 16.4 Å². The van der Waals surface area contributed by atoms with Gasteiger partial charge in [0.05, 0.1) is 12.5 Å². The fourth-order valence-corrected chi connectivity index (χ4v) is 3.82. The number of rotatable bonds is 14. The van der Waals surface area contributed by atoms with Crippen LogP contribution in [0.25, 0.3) is 0 Å². The van der Waals surface area contributed by atoms with Crippen molar-refractivity contribution >= 4 is 47.4 Å². The maximum atomic E-state index is 12.8. The van der Waals surface area contributed by atoms with Crippen molar-refractivity contribution in [2.45, 2.75) is 62.7 Å². The average molecular weight is 491 g/mol. The highest BCUT2D eigenvalue weighted by atomic mass is 32.2. The number of amides is 3. The summed E-state index contributed by atoms with van der Waals surface area (Å²) in [5, 5.41) is 32.0. The Bertz CT molecular complexity index is 764. The van der Waals surface area contributed by atoms with E-state index in [0.29, 0.717) is 18.6 Å². The lowest BCUT2D eigenvalue weighted by Crippen LogP contribution is -2.57. The van der Waals surface area contributed by atoms with E-state index in [4.69, 9.17) is 10.8 Å². The van der Waals surface area contributed by atoms with Crippen LogP contribution in [0.1, 0.15) is 38.5 Å². The predicted octanol–water partition coefficient (Wildman–Crippen LogP) is -1.55. The number of carboxylic acid groups (broad SMARTS) is 3. The van der Waals surface area contributed by atoms with E-state index in [-0.39, 0.29) is 19.4 Å². The van der Waals surface area contributed by atoms with Gasteiger partial charge >= 0.3 is 17.9 Å². The molecule has 0 aromatic carbocycles. The summed E-state index contributed by atoms with van der Waals surface area (Å²) in [6.45, 7) is 0.0886. The van der Waals surface area contributed by atoms with Crippen molar-refractivity contribution in [3.63, 3.8) is 0 Å². The van der Waals surface area contributed by atoms with Gasteiger partial charge in [-0.1, -0.05) is 0 Å². The van der Waals surface area contributed by atoms with Gasteiger partial charge in [-0.05, 0) is 37.7 Å². The Morgan fingerprint density at radius 2 is 1.64 bits per heavy atom. The van der Waals surface area contributed by atoms with E-state index >= 15 is 0 Å². The maximum absolute atomic E-state index is 12.8. The second kappa shape index (κ2) is 13.6. The SMILES string of the molecule is CSCCC(N)C(=O)NC(CCC(=O)O)C(=O)NC(CC(=O)O)C(=O)N1CCCC1C(=O)O. The minimum Gasteiger partial charge on any atom is -0.481 e. The number of carbonyl (C=O) groups excluding carboxylic acids is 3. The molecule has 0 bridgehead atoms. The van der Waals surface area contributed by atoms with Gasteiger partial charge in [0, 0.05) is 13.0 Å². The lowest BCUT2D eigenvalue weighted by molar-refractivity contribution is -0.150. The molecule has 0 saturated carbocycles. The zero-order valence-electron chi connectivity index (χ0n) is 18.2. The molecule has 4 unspecified atom stereocenters. The Morgan fingerprint density at radius 3 is 2.18 bits per heavy atom. The third kappa shape index (κ3) is 9.26. The van der Waals surface area contributed by atoms with Crippen LogP contribution in [0, 0.1) is 0 Å². The molecule has 1 aliphatic heterocycles. The van der Waals surface area contributed by atoms with E-state index in [9.17, 15) is 39.0 Å². The molecule has 0 aromatic rings. The second-order valence-corrected chi connectivity index (χ2v) is 8.55. The molecule has 13 nitrogen and oxygen atoms in total. The third-order valence-electron chi connectivity index (χ3n) is 5.06. The van der Waals surface area contributed by atoms with E-state index in [1.165, 1.54) is 11.8 Å². The van der Waals surface area contributed by atoms with Crippen molar-refractivity contribution in [1.29, 1.82) is 0 Å². The zero-order chi connectivity index (χ0) is 25.1. The number of carboxylic acids is 3. The number of nitrogens with zero attached hydrogens (tertiary/aromatic N) is 1. The van der Waals surface area contributed by atoms with Crippen LogP contribution in [0.3, 0.4) is 0 Å². The van der Waals surface area contributed by atoms with Crippen LogP contribution in [0.15, 0.2) is 0 Å². The summed E-state index contributed by atoms with van der Waals surface area (Å²) in [5.74, 6) is -5.84. The highest BCUT2D eigenvalue weighted by molar-refractivity contribution is 7.98. The minimum atomic E-state index is -1.59. The Hall–Kier alpha value is -2.87. The van der Waals surface area contributed by atoms with Crippen LogP contribution in [0.5, 0.6) is 0 Å². The molecule has 186 valence electrons. The summed E-state index contributed by atoms with van der Waals surface area (Å²) in [5.41, 5.74) is 5.78. The van der Waals surface area contributed by atoms with Crippen molar-refractivity contribution in [2.75, 3.05) is 18.6 Å². The smallest absolute Gasteiger partial charge is 0.326 e. The van der Waals surface area contributed by atoms with Crippen LogP contribution in [0.2, 0.25) is 0 Å². The number of nitrogens with two attached hydrogens (primary N) is 1. The number of thioether (sulfide) groups is 1. The molecule has 14 heteroatoms. The van der Waals surface area contributed by atoms with Gasteiger partial charge in [0.2, 0.25) is 17.7 Å². The number of hydrogen-bond donors (Lipinski definition) is 6. The normalized spacial score (nSPS) is 18.1. The van der Waals surface area contributed by atoms with Crippen LogP contribution in [-0.4, -0.2) is 98.6 Å². The van der Waals surface area contributed by atoms with Gasteiger partial charge in [-0.25, -0.2) is 4.79 Å². The number of likely N-dealkylation sites (tertiary alicyclic amines) is 1. The first-order valence-corrected chi connectivity index (χ1v) is 11.7. The molecule has 0 aliphatic carbocycles.